The van der Waals surface area contributed by atoms with Gasteiger partial charge in [0.05, 0.1) is 0 Å². The van der Waals surface area contributed by atoms with Crippen LogP contribution < -0.4 is 15.4 Å². The number of benzene rings is 2. The maximum atomic E-state index is 11.9. The third-order valence-electron chi connectivity index (χ3n) is 3.51. The summed E-state index contributed by atoms with van der Waals surface area (Å²) in [5, 5.41) is 14.6. The van der Waals surface area contributed by atoms with Gasteiger partial charge in [0.2, 0.25) is 5.88 Å². The first-order valence-corrected chi connectivity index (χ1v) is 7.96. The van der Waals surface area contributed by atoms with Crippen LogP contribution in [0.15, 0.2) is 72.9 Å². The van der Waals surface area contributed by atoms with Crippen LogP contribution in [0, 0.1) is 11.3 Å². The van der Waals surface area contributed by atoms with Gasteiger partial charge >= 0.3 is 6.03 Å². The number of aromatic nitrogens is 1. The zero-order valence-corrected chi connectivity index (χ0v) is 13.8. The minimum Gasteiger partial charge on any atom is -0.438 e. The number of carbonyl (C=O) groups excluding carboxylic acids is 1. The number of ether oxygens (including phenoxy) is 1. The van der Waals surface area contributed by atoms with Crippen molar-refractivity contribution in [3.63, 3.8) is 0 Å². The number of nitrogens with one attached hydrogen (secondary N) is 2. The lowest BCUT2D eigenvalue weighted by atomic mass is 10.2. The van der Waals surface area contributed by atoms with Crippen LogP contribution in [0.2, 0.25) is 0 Å². The lowest BCUT2D eigenvalue weighted by Crippen LogP contribution is -2.28. The smallest absolute Gasteiger partial charge is 0.319 e. The van der Waals surface area contributed by atoms with Gasteiger partial charge < -0.3 is 15.4 Å². The number of rotatable bonds is 5. The quantitative estimate of drug-likeness (QED) is 0.730. The molecule has 0 aliphatic carbocycles. The van der Waals surface area contributed by atoms with Gasteiger partial charge in [0.25, 0.3) is 0 Å². The average molecular weight is 344 g/mol. The maximum absolute atomic E-state index is 11.9. The average Bonchev–Trinajstić information content (AvgIpc) is 2.69. The molecule has 26 heavy (non-hydrogen) atoms. The summed E-state index contributed by atoms with van der Waals surface area (Å²) in [6, 6.07) is 21.5. The number of hydrogen-bond acceptors (Lipinski definition) is 4. The number of pyridine rings is 1. The van der Waals surface area contributed by atoms with E-state index in [1.165, 1.54) is 0 Å². The SMILES string of the molecule is N#Cc1cccnc1Oc1ccc(NC(=O)NCc2ccccc2)cc1. The van der Waals surface area contributed by atoms with Gasteiger partial charge in [-0.15, -0.1) is 0 Å². The van der Waals surface area contributed by atoms with Crippen molar-refractivity contribution in [2.45, 2.75) is 6.54 Å². The Bertz CT molecular complexity index is 919. The van der Waals surface area contributed by atoms with Gasteiger partial charge in [-0.05, 0) is 42.0 Å². The molecule has 0 radical (unpaired) electrons. The molecular formula is C20H16N4O2. The molecule has 0 saturated heterocycles. The van der Waals surface area contributed by atoms with E-state index in [9.17, 15) is 4.79 Å². The predicted molar refractivity (Wildman–Crippen MR) is 97.8 cm³/mol. The fraction of sp³-hybridized carbons (Fsp3) is 0.0500. The van der Waals surface area contributed by atoms with E-state index in [-0.39, 0.29) is 11.9 Å². The van der Waals surface area contributed by atoms with Crippen LogP contribution in [0.1, 0.15) is 11.1 Å². The number of nitrogens with zero attached hydrogens (tertiary/aromatic N) is 2. The van der Waals surface area contributed by atoms with E-state index in [4.69, 9.17) is 10.00 Å². The predicted octanol–water partition coefficient (Wildman–Crippen LogP) is 4.07. The molecule has 0 unspecified atom stereocenters. The Balaban J connectivity index is 1.56. The summed E-state index contributed by atoms with van der Waals surface area (Å²) in [5.74, 6) is 0.770. The van der Waals surface area contributed by atoms with Crippen LogP contribution in [0.25, 0.3) is 0 Å². The number of carbonyl (C=O) groups is 1. The van der Waals surface area contributed by atoms with Crippen molar-refractivity contribution in [3.05, 3.63) is 84.1 Å². The molecule has 0 aliphatic heterocycles. The molecule has 0 atom stereocenters. The number of hydrogen-bond donors (Lipinski definition) is 2. The maximum Gasteiger partial charge on any atom is 0.319 e. The minimum absolute atomic E-state index is 0.247. The van der Waals surface area contributed by atoms with E-state index in [0.717, 1.165) is 5.56 Å². The van der Waals surface area contributed by atoms with Gasteiger partial charge in [-0.1, -0.05) is 30.3 Å². The fourth-order valence-corrected chi connectivity index (χ4v) is 2.23. The number of anilines is 1. The van der Waals surface area contributed by atoms with Gasteiger partial charge in [-0.2, -0.15) is 5.26 Å². The van der Waals surface area contributed by atoms with Crippen LogP contribution in [0.3, 0.4) is 0 Å². The molecule has 3 rings (SSSR count). The van der Waals surface area contributed by atoms with E-state index in [1.807, 2.05) is 36.4 Å². The summed E-state index contributed by atoms with van der Waals surface area (Å²) in [7, 11) is 0. The molecule has 2 N–H and O–H groups in total. The summed E-state index contributed by atoms with van der Waals surface area (Å²) >= 11 is 0. The Kier molecular flexibility index (Phi) is 5.43. The second-order valence-corrected chi connectivity index (χ2v) is 5.39. The second-order valence-electron chi connectivity index (χ2n) is 5.39. The first-order chi connectivity index (χ1) is 12.7. The highest BCUT2D eigenvalue weighted by atomic mass is 16.5. The van der Waals surface area contributed by atoms with Gasteiger partial charge in [0.1, 0.15) is 17.4 Å². The van der Waals surface area contributed by atoms with Gasteiger partial charge in [0, 0.05) is 18.4 Å². The molecule has 128 valence electrons. The van der Waals surface area contributed by atoms with Crippen molar-refractivity contribution in [2.24, 2.45) is 0 Å². The Labute approximate surface area is 151 Å². The largest absolute Gasteiger partial charge is 0.438 e. The van der Waals surface area contributed by atoms with E-state index >= 15 is 0 Å². The highest BCUT2D eigenvalue weighted by molar-refractivity contribution is 5.89. The normalized spacial score (nSPS) is 9.81. The van der Waals surface area contributed by atoms with Crippen LogP contribution in [0.4, 0.5) is 10.5 Å². The highest BCUT2D eigenvalue weighted by Gasteiger charge is 2.06. The molecule has 1 heterocycles. The van der Waals surface area contributed by atoms with Crippen molar-refractivity contribution >= 4 is 11.7 Å². The van der Waals surface area contributed by atoms with E-state index in [2.05, 4.69) is 15.6 Å². The van der Waals surface area contributed by atoms with Crippen molar-refractivity contribution < 1.29 is 9.53 Å². The lowest BCUT2D eigenvalue weighted by Gasteiger charge is -2.09. The Morgan fingerprint density at radius 3 is 2.54 bits per heavy atom. The molecule has 2 amide bonds. The summed E-state index contributed by atoms with van der Waals surface area (Å²) in [4.78, 5) is 16.0. The van der Waals surface area contributed by atoms with Crippen molar-refractivity contribution in [3.8, 4) is 17.7 Å². The summed E-state index contributed by atoms with van der Waals surface area (Å²) in [6.45, 7) is 0.449. The molecule has 0 aliphatic rings. The molecule has 2 aromatic carbocycles. The molecule has 6 nitrogen and oxygen atoms in total. The van der Waals surface area contributed by atoms with Crippen LogP contribution in [0.5, 0.6) is 11.6 Å². The lowest BCUT2D eigenvalue weighted by molar-refractivity contribution is 0.251. The molecule has 3 aromatic rings. The zero-order chi connectivity index (χ0) is 18.2. The molecule has 0 bridgehead atoms. The molecule has 1 aromatic heterocycles. The number of nitriles is 1. The zero-order valence-electron chi connectivity index (χ0n) is 13.8. The summed E-state index contributed by atoms with van der Waals surface area (Å²) in [6.07, 6.45) is 1.56. The fourth-order valence-electron chi connectivity index (χ4n) is 2.23. The van der Waals surface area contributed by atoms with E-state index in [0.29, 0.717) is 23.5 Å². The Morgan fingerprint density at radius 2 is 1.81 bits per heavy atom. The third kappa shape index (κ3) is 4.58. The second kappa shape index (κ2) is 8.31. The van der Waals surface area contributed by atoms with E-state index in [1.54, 1.807) is 42.6 Å². The van der Waals surface area contributed by atoms with Crippen LogP contribution >= 0.6 is 0 Å². The molecular weight excluding hydrogens is 328 g/mol. The Morgan fingerprint density at radius 1 is 1.04 bits per heavy atom. The topological polar surface area (TPSA) is 87.0 Å². The van der Waals surface area contributed by atoms with Crippen LogP contribution in [-0.4, -0.2) is 11.0 Å². The standard InChI is InChI=1S/C20H16N4O2/c21-13-16-7-4-12-22-19(16)26-18-10-8-17(9-11-18)24-20(25)23-14-15-5-2-1-3-6-15/h1-12H,14H2,(H2,23,24,25). The van der Waals surface area contributed by atoms with Crippen molar-refractivity contribution in [2.75, 3.05) is 5.32 Å². The number of urea groups is 1. The summed E-state index contributed by atoms with van der Waals surface area (Å²) in [5.41, 5.74) is 2.01. The van der Waals surface area contributed by atoms with Gasteiger partial charge in [-0.25, -0.2) is 9.78 Å². The van der Waals surface area contributed by atoms with Crippen molar-refractivity contribution in [1.29, 1.82) is 5.26 Å². The molecule has 0 saturated carbocycles. The molecule has 0 spiro atoms. The first-order valence-electron chi connectivity index (χ1n) is 7.96. The van der Waals surface area contributed by atoms with E-state index < -0.39 is 0 Å². The highest BCUT2D eigenvalue weighted by Crippen LogP contribution is 2.23. The monoisotopic (exact) mass is 344 g/mol. The molecule has 6 heteroatoms. The third-order valence-corrected chi connectivity index (χ3v) is 3.51. The van der Waals surface area contributed by atoms with Gasteiger partial charge in [-0.3, -0.25) is 0 Å². The first kappa shape index (κ1) is 17.0. The summed E-state index contributed by atoms with van der Waals surface area (Å²) < 4.78 is 5.60. The van der Waals surface area contributed by atoms with Crippen LogP contribution in [-0.2, 0) is 6.54 Å². The minimum atomic E-state index is -0.293. The number of amides is 2. The Hall–Kier alpha value is -3.85. The molecule has 0 fully saturated rings. The van der Waals surface area contributed by atoms with Crippen molar-refractivity contribution in [1.82, 2.24) is 10.3 Å². The van der Waals surface area contributed by atoms with Gasteiger partial charge in [0.15, 0.2) is 0 Å².